The van der Waals surface area contributed by atoms with Crippen LogP contribution in [-0.2, 0) is 4.79 Å². The van der Waals surface area contributed by atoms with Gasteiger partial charge in [-0.1, -0.05) is 34.8 Å². The molecule has 1 aromatic rings. The number of hydrogen-bond donors (Lipinski definition) is 1. The highest BCUT2D eigenvalue weighted by molar-refractivity contribution is 9.10. The molecular weight excluding hydrogens is 292 g/mol. The maximum Gasteiger partial charge on any atom is 0.241 e. The van der Waals surface area contributed by atoms with Crippen molar-refractivity contribution < 1.29 is 4.79 Å². The van der Waals surface area contributed by atoms with E-state index in [1.54, 1.807) is 0 Å². The third-order valence-electron chi connectivity index (χ3n) is 3.23. The molecular formula is C14H19BrN2O. The van der Waals surface area contributed by atoms with Crippen LogP contribution in [0.4, 0.5) is 5.69 Å². The van der Waals surface area contributed by atoms with Crippen LogP contribution in [0.2, 0.25) is 0 Å². The van der Waals surface area contributed by atoms with Crippen molar-refractivity contribution in [3.8, 4) is 0 Å². The molecule has 1 aromatic carbocycles. The van der Waals surface area contributed by atoms with Crippen molar-refractivity contribution >= 4 is 27.5 Å². The standard InChI is InChI=1S/C14H19BrN2O/c15-12-6-5-7-13(10-12)16-11-14(18)17-8-3-1-2-4-9-17/h5-7,10,16H,1-4,8-9,11H2. The average molecular weight is 311 g/mol. The monoisotopic (exact) mass is 310 g/mol. The van der Waals surface area contributed by atoms with Gasteiger partial charge in [0.2, 0.25) is 5.91 Å². The number of nitrogens with zero attached hydrogens (tertiary/aromatic N) is 1. The zero-order valence-electron chi connectivity index (χ0n) is 10.5. The Morgan fingerprint density at radius 2 is 1.94 bits per heavy atom. The lowest BCUT2D eigenvalue weighted by atomic mass is 10.2. The predicted molar refractivity (Wildman–Crippen MR) is 77.7 cm³/mol. The molecule has 1 saturated heterocycles. The SMILES string of the molecule is O=C(CNc1cccc(Br)c1)N1CCCCCC1. The number of amides is 1. The first-order valence-electron chi connectivity index (χ1n) is 6.53. The summed E-state index contributed by atoms with van der Waals surface area (Å²) in [7, 11) is 0. The Morgan fingerprint density at radius 3 is 2.61 bits per heavy atom. The molecule has 0 aromatic heterocycles. The van der Waals surface area contributed by atoms with Gasteiger partial charge in [-0.2, -0.15) is 0 Å². The third kappa shape index (κ3) is 4.02. The number of likely N-dealkylation sites (tertiary alicyclic amines) is 1. The van der Waals surface area contributed by atoms with Crippen LogP contribution in [0.25, 0.3) is 0 Å². The second kappa shape index (κ2) is 6.78. The fourth-order valence-corrected chi connectivity index (χ4v) is 2.61. The number of carbonyl (C=O) groups is 1. The normalized spacial score (nSPS) is 16.2. The summed E-state index contributed by atoms with van der Waals surface area (Å²) in [6, 6.07) is 7.89. The first-order chi connectivity index (χ1) is 8.75. The molecule has 0 aliphatic carbocycles. The first-order valence-corrected chi connectivity index (χ1v) is 7.32. The molecule has 0 bridgehead atoms. The molecule has 0 atom stereocenters. The molecule has 3 nitrogen and oxygen atoms in total. The van der Waals surface area contributed by atoms with E-state index in [0.29, 0.717) is 6.54 Å². The van der Waals surface area contributed by atoms with E-state index in [4.69, 9.17) is 0 Å². The van der Waals surface area contributed by atoms with Gasteiger partial charge in [0, 0.05) is 23.2 Å². The molecule has 1 heterocycles. The minimum atomic E-state index is 0.205. The van der Waals surface area contributed by atoms with Crippen molar-refractivity contribution in [2.45, 2.75) is 25.7 Å². The molecule has 1 aliphatic heterocycles. The van der Waals surface area contributed by atoms with E-state index in [9.17, 15) is 4.79 Å². The van der Waals surface area contributed by atoms with E-state index in [2.05, 4.69) is 21.2 Å². The van der Waals surface area contributed by atoms with Crippen molar-refractivity contribution in [2.75, 3.05) is 25.0 Å². The largest absolute Gasteiger partial charge is 0.376 e. The highest BCUT2D eigenvalue weighted by Crippen LogP contribution is 2.15. The molecule has 2 rings (SSSR count). The Bertz CT molecular complexity index is 401. The zero-order valence-corrected chi connectivity index (χ0v) is 12.1. The summed E-state index contributed by atoms with van der Waals surface area (Å²) in [5.41, 5.74) is 0.979. The lowest BCUT2D eigenvalue weighted by Gasteiger charge is -2.20. The second-order valence-electron chi connectivity index (χ2n) is 4.66. The van der Waals surface area contributed by atoms with Gasteiger partial charge < -0.3 is 10.2 Å². The number of rotatable bonds is 3. The molecule has 0 radical (unpaired) electrons. The first kappa shape index (κ1) is 13.4. The minimum absolute atomic E-state index is 0.205. The Balaban J connectivity index is 1.83. The Morgan fingerprint density at radius 1 is 1.22 bits per heavy atom. The van der Waals surface area contributed by atoms with Gasteiger partial charge in [0.1, 0.15) is 0 Å². The molecule has 0 unspecified atom stereocenters. The second-order valence-corrected chi connectivity index (χ2v) is 5.57. The molecule has 18 heavy (non-hydrogen) atoms. The van der Waals surface area contributed by atoms with Gasteiger partial charge >= 0.3 is 0 Å². The maximum absolute atomic E-state index is 12.1. The molecule has 4 heteroatoms. The summed E-state index contributed by atoms with van der Waals surface area (Å²) in [6.45, 7) is 2.22. The van der Waals surface area contributed by atoms with E-state index < -0.39 is 0 Å². The van der Waals surface area contributed by atoms with Gasteiger partial charge in [-0.15, -0.1) is 0 Å². The van der Waals surface area contributed by atoms with Crippen molar-refractivity contribution in [1.82, 2.24) is 4.90 Å². The van der Waals surface area contributed by atoms with Crippen LogP contribution in [-0.4, -0.2) is 30.4 Å². The lowest BCUT2D eigenvalue weighted by molar-refractivity contribution is -0.129. The number of hydrogen-bond acceptors (Lipinski definition) is 2. The van der Waals surface area contributed by atoms with Crippen molar-refractivity contribution in [3.63, 3.8) is 0 Å². The fraction of sp³-hybridized carbons (Fsp3) is 0.500. The highest BCUT2D eigenvalue weighted by atomic mass is 79.9. The summed E-state index contributed by atoms with van der Waals surface area (Å²) in [5, 5.41) is 3.18. The van der Waals surface area contributed by atoms with Crippen LogP contribution in [0.5, 0.6) is 0 Å². The topological polar surface area (TPSA) is 32.3 Å². The smallest absolute Gasteiger partial charge is 0.241 e. The average Bonchev–Trinajstić information content (AvgIpc) is 2.65. The molecule has 1 fully saturated rings. The summed E-state index contributed by atoms with van der Waals surface area (Å²) in [4.78, 5) is 14.0. The van der Waals surface area contributed by atoms with Gasteiger partial charge in [0.05, 0.1) is 6.54 Å². The summed E-state index contributed by atoms with van der Waals surface area (Å²) in [5.74, 6) is 0.205. The van der Waals surface area contributed by atoms with Gasteiger partial charge in [-0.25, -0.2) is 0 Å². The van der Waals surface area contributed by atoms with Crippen LogP contribution in [0.1, 0.15) is 25.7 Å². The van der Waals surface area contributed by atoms with E-state index >= 15 is 0 Å². The van der Waals surface area contributed by atoms with Crippen molar-refractivity contribution in [3.05, 3.63) is 28.7 Å². The number of nitrogens with one attached hydrogen (secondary N) is 1. The lowest BCUT2D eigenvalue weighted by Crippen LogP contribution is -2.36. The Labute approximate surface area is 117 Å². The summed E-state index contributed by atoms with van der Waals surface area (Å²) in [6.07, 6.45) is 4.79. The van der Waals surface area contributed by atoms with Crippen LogP contribution in [0.15, 0.2) is 28.7 Å². The van der Waals surface area contributed by atoms with Crippen LogP contribution >= 0.6 is 15.9 Å². The minimum Gasteiger partial charge on any atom is -0.376 e. The molecule has 0 spiro atoms. The van der Waals surface area contributed by atoms with Gasteiger partial charge in [-0.05, 0) is 31.0 Å². The van der Waals surface area contributed by atoms with Crippen LogP contribution < -0.4 is 5.32 Å². The number of anilines is 1. The molecule has 98 valence electrons. The van der Waals surface area contributed by atoms with Crippen LogP contribution in [0, 0.1) is 0 Å². The number of halogens is 1. The van der Waals surface area contributed by atoms with Crippen molar-refractivity contribution in [2.24, 2.45) is 0 Å². The van der Waals surface area contributed by atoms with Gasteiger partial charge in [0.15, 0.2) is 0 Å². The molecule has 0 saturated carbocycles. The van der Waals surface area contributed by atoms with Crippen molar-refractivity contribution in [1.29, 1.82) is 0 Å². The van der Waals surface area contributed by atoms with Crippen LogP contribution in [0.3, 0.4) is 0 Å². The molecule has 1 N–H and O–H groups in total. The molecule has 1 aliphatic rings. The van der Waals surface area contributed by atoms with E-state index in [1.807, 2.05) is 29.2 Å². The maximum atomic E-state index is 12.1. The number of benzene rings is 1. The Kier molecular flexibility index (Phi) is 5.05. The van der Waals surface area contributed by atoms with Gasteiger partial charge in [0.25, 0.3) is 0 Å². The van der Waals surface area contributed by atoms with E-state index in [1.165, 1.54) is 12.8 Å². The predicted octanol–water partition coefficient (Wildman–Crippen LogP) is 3.26. The third-order valence-corrected chi connectivity index (χ3v) is 3.72. The molecule has 1 amide bonds. The van der Waals surface area contributed by atoms with E-state index in [0.717, 1.165) is 36.1 Å². The number of carbonyl (C=O) groups excluding carboxylic acids is 1. The Hall–Kier alpha value is -1.03. The highest BCUT2D eigenvalue weighted by Gasteiger charge is 2.14. The van der Waals surface area contributed by atoms with E-state index in [-0.39, 0.29) is 5.91 Å². The fourth-order valence-electron chi connectivity index (χ4n) is 2.21. The quantitative estimate of drug-likeness (QED) is 0.929. The summed E-state index contributed by atoms with van der Waals surface area (Å²) < 4.78 is 1.02. The van der Waals surface area contributed by atoms with Gasteiger partial charge in [-0.3, -0.25) is 4.79 Å². The summed E-state index contributed by atoms with van der Waals surface area (Å²) >= 11 is 3.42. The zero-order chi connectivity index (χ0) is 12.8.